The number of carbonyl (C=O) groups is 1. The summed E-state index contributed by atoms with van der Waals surface area (Å²) in [5.41, 5.74) is 0. The van der Waals surface area contributed by atoms with Crippen molar-refractivity contribution < 1.29 is 14.6 Å². The molecule has 7 heteroatoms. The molecule has 1 aliphatic rings. The highest BCUT2D eigenvalue weighted by atomic mass is 79.9. The molecule has 1 saturated heterocycles. The average Bonchev–Trinajstić information content (AvgIpc) is 2.47. The molecule has 2 rings (SSSR count). The van der Waals surface area contributed by atoms with Gasteiger partial charge < -0.3 is 14.7 Å². The molecule has 0 aliphatic carbocycles. The summed E-state index contributed by atoms with van der Waals surface area (Å²) < 4.78 is 7.91. The minimum absolute atomic E-state index is 0.0374. The number of aromatic nitrogens is 2. The summed E-state index contributed by atoms with van der Waals surface area (Å²) in [5, 5.41) is 12.8. The maximum absolute atomic E-state index is 10.7. The van der Waals surface area contributed by atoms with Crippen LogP contribution in [0.2, 0.25) is 0 Å². The van der Waals surface area contributed by atoms with Crippen LogP contribution in [0.3, 0.4) is 0 Å². The third kappa shape index (κ3) is 1.99. The number of hydrogen-bond acceptors (Lipinski definition) is 3. The zero-order valence-electron chi connectivity index (χ0n) is 8.76. The Morgan fingerprint density at radius 2 is 2.56 bits per heavy atom. The highest BCUT2D eigenvalue weighted by molar-refractivity contribution is 9.10. The van der Waals surface area contributed by atoms with Crippen LogP contribution in [0.15, 0.2) is 10.8 Å². The van der Waals surface area contributed by atoms with Crippen LogP contribution in [0.25, 0.3) is 0 Å². The second-order valence-electron chi connectivity index (χ2n) is 3.65. The Labute approximate surface area is 101 Å². The van der Waals surface area contributed by atoms with Crippen molar-refractivity contribution in [1.29, 1.82) is 0 Å². The second kappa shape index (κ2) is 4.32. The maximum Gasteiger partial charge on any atom is 0.407 e. The molecule has 0 unspecified atom stereocenters. The van der Waals surface area contributed by atoms with E-state index in [1.54, 1.807) is 17.9 Å². The number of rotatable bonds is 3. The fraction of sp³-hybridized carbons (Fsp3) is 0.556. The van der Waals surface area contributed by atoms with Crippen molar-refractivity contribution >= 4 is 22.0 Å². The Kier molecular flexibility index (Phi) is 3.04. The van der Waals surface area contributed by atoms with Gasteiger partial charge in [-0.15, -0.1) is 0 Å². The Bertz CT molecular complexity index is 407. The van der Waals surface area contributed by atoms with Gasteiger partial charge in [0.05, 0.1) is 12.2 Å². The molecule has 1 aliphatic heterocycles. The van der Waals surface area contributed by atoms with Gasteiger partial charge in [0.15, 0.2) is 5.75 Å². The Hall–Kier alpha value is -1.24. The lowest BCUT2D eigenvalue weighted by Gasteiger charge is -2.38. The van der Waals surface area contributed by atoms with Gasteiger partial charge in [0.2, 0.25) is 0 Å². The third-order valence-corrected chi connectivity index (χ3v) is 3.56. The van der Waals surface area contributed by atoms with E-state index < -0.39 is 6.09 Å². The fourth-order valence-corrected chi connectivity index (χ4v) is 1.86. The number of amides is 1. The lowest BCUT2D eigenvalue weighted by atomic mass is 10.1. The molecule has 1 aromatic rings. The minimum atomic E-state index is -0.884. The summed E-state index contributed by atoms with van der Waals surface area (Å²) in [6, 6.07) is -0.0374. The quantitative estimate of drug-likeness (QED) is 0.911. The second-order valence-corrected chi connectivity index (χ2v) is 4.40. The Morgan fingerprint density at radius 1 is 1.81 bits per heavy atom. The molecule has 1 N–H and O–H groups in total. The molecule has 16 heavy (non-hydrogen) atoms. The Balaban J connectivity index is 1.88. The van der Waals surface area contributed by atoms with Crippen LogP contribution in [0.5, 0.6) is 5.75 Å². The number of carboxylic acid groups (broad SMARTS) is 1. The van der Waals surface area contributed by atoms with E-state index in [-0.39, 0.29) is 6.04 Å². The molecule has 88 valence electrons. The highest BCUT2D eigenvalue weighted by Crippen LogP contribution is 2.25. The average molecular weight is 290 g/mol. The summed E-state index contributed by atoms with van der Waals surface area (Å²) in [4.78, 5) is 12.1. The molecular weight excluding hydrogens is 278 g/mol. The van der Waals surface area contributed by atoms with Gasteiger partial charge in [-0.25, -0.2) is 4.79 Å². The maximum atomic E-state index is 10.7. The zero-order chi connectivity index (χ0) is 11.7. The molecule has 0 aromatic carbocycles. The van der Waals surface area contributed by atoms with Crippen molar-refractivity contribution in [2.75, 3.05) is 13.2 Å². The van der Waals surface area contributed by atoms with Crippen LogP contribution in [0.4, 0.5) is 4.79 Å². The number of halogens is 1. The van der Waals surface area contributed by atoms with Gasteiger partial charge in [-0.1, -0.05) is 0 Å². The summed E-state index contributed by atoms with van der Waals surface area (Å²) >= 11 is 3.33. The van der Waals surface area contributed by atoms with Crippen LogP contribution >= 0.6 is 15.9 Å². The number of hydrogen-bond donors (Lipinski definition) is 1. The van der Waals surface area contributed by atoms with Gasteiger partial charge in [-0.3, -0.25) is 4.68 Å². The van der Waals surface area contributed by atoms with Crippen molar-refractivity contribution in [3.63, 3.8) is 0 Å². The molecular formula is C9H12BrN3O3. The third-order valence-electron chi connectivity index (χ3n) is 2.66. The predicted molar refractivity (Wildman–Crippen MR) is 59.5 cm³/mol. The molecule has 0 radical (unpaired) electrons. The summed E-state index contributed by atoms with van der Waals surface area (Å²) in [6.45, 7) is 0.966. The van der Waals surface area contributed by atoms with Gasteiger partial charge in [0.25, 0.3) is 0 Å². The summed E-state index contributed by atoms with van der Waals surface area (Å²) in [6.07, 6.45) is 1.57. The van der Waals surface area contributed by atoms with Gasteiger partial charge in [-0.2, -0.15) is 5.10 Å². The normalized spacial score (nSPS) is 19.4. The summed E-state index contributed by atoms with van der Waals surface area (Å²) in [5.74, 6) is 0.639. The van der Waals surface area contributed by atoms with Crippen molar-refractivity contribution in [2.45, 2.75) is 12.5 Å². The van der Waals surface area contributed by atoms with Crippen molar-refractivity contribution in [3.05, 3.63) is 10.8 Å². The monoisotopic (exact) mass is 289 g/mol. The standard InChI is InChI=1S/C9H12BrN3O3/c1-12-8(10)7(4-11-12)16-5-6-2-3-13(6)9(14)15/h4,6H,2-3,5H2,1H3,(H,14,15)/t6-/m1/s1. The first-order valence-electron chi connectivity index (χ1n) is 4.89. The van der Waals surface area contributed by atoms with Crippen LogP contribution in [0.1, 0.15) is 6.42 Å². The lowest BCUT2D eigenvalue weighted by Crippen LogP contribution is -2.53. The summed E-state index contributed by atoms with van der Waals surface area (Å²) in [7, 11) is 1.80. The van der Waals surface area contributed by atoms with E-state index in [2.05, 4.69) is 21.0 Å². The number of likely N-dealkylation sites (tertiary alicyclic amines) is 1. The number of nitrogens with zero attached hydrogens (tertiary/aromatic N) is 3. The number of ether oxygens (including phenoxy) is 1. The fourth-order valence-electron chi connectivity index (χ4n) is 1.55. The smallest absolute Gasteiger partial charge is 0.407 e. The molecule has 1 amide bonds. The van der Waals surface area contributed by atoms with E-state index in [0.29, 0.717) is 18.9 Å². The van der Waals surface area contributed by atoms with E-state index in [0.717, 1.165) is 11.0 Å². The molecule has 0 spiro atoms. The van der Waals surface area contributed by atoms with Crippen molar-refractivity contribution in [1.82, 2.24) is 14.7 Å². The van der Waals surface area contributed by atoms with Crippen LogP contribution in [-0.4, -0.2) is 45.1 Å². The van der Waals surface area contributed by atoms with E-state index in [1.165, 1.54) is 4.90 Å². The molecule has 6 nitrogen and oxygen atoms in total. The van der Waals surface area contributed by atoms with Gasteiger partial charge >= 0.3 is 6.09 Å². The van der Waals surface area contributed by atoms with E-state index >= 15 is 0 Å². The molecule has 0 bridgehead atoms. The van der Waals surface area contributed by atoms with Crippen molar-refractivity contribution in [3.8, 4) is 5.75 Å². The topological polar surface area (TPSA) is 67.6 Å². The van der Waals surface area contributed by atoms with Crippen LogP contribution in [0, 0.1) is 0 Å². The number of aryl methyl sites for hydroxylation is 1. The largest absolute Gasteiger partial charge is 0.487 e. The predicted octanol–water partition coefficient (Wildman–Crippen LogP) is 1.31. The van der Waals surface area contributed by atoms with Crippen molar-refractivity contribution in [2.24, 2.45) is 7.05 Å². The molecule has 1 atom stereocenters. The van der Waals surface area contributed by atoms with E-state index in [9.17, 15) is 4.79 Å². The first kappa shape index (κ1) is 11.3. The molecule has 2 heterocycles. The first-order chi connectivity index (χ1) is 7.59. The van der Waals surface area contributed by atoms with Gasteiger partial charge in [0.1, 0.15) is 11.2 Å². The van der Waals surface area contributed by atoms with Crippen LogP contribution in [-0.2, 0) is 7.05 Å². The van der Waals surface area contributed by atoms with Gasteiger partial charge in [0, 0.05) is 13.6 Å². The van der Waals surface area contributed by atoms with E-state index in [4.69, 9.17) is 9.84 Å². The first-order valence-corrected chi connectivity index (χ1v) is 5.68. The molecule has 1 aromatic heterocycles. The van der Waals surface area contributed by atoms with Gasteiger partial charge in [-0.05, 0) is 22.4 Å². The SMILES string of the molecule is Cn1ncc(OC[C@H]2CCN2C(=O)O)c1Br. The Morgan fingerprint density at radius 3 is 3.00 bits per heavy atom. The molecule has 0 saturated carbocycles. The molecule has 1 fully saturated rings. The van der Waals surface area contributed by atoms with Crippen LogP contribution < -0.4 is 4.74 Å². The van der Waals surface area contributed by atoms with E-state index in [1.807, 2.05) is 0 Å². The minimum Gasteiger partial charge on any atom is -0.487 e. The lowest BCUT2D eigenvalue weighted by molar-refractivity contribution is 0.0497. The zero-order valence-corrected chi connectivity index (χ0v) is 10.3. The highest BCUT2D eigenvalue weighted by Gasteiger charge is 2.32.